The van der Waals surface area contributed by atoms with Crippen molar-refractivity contribution in [3.05, 3.63) is 0 Å². The zero-order valence-electron chi connectivity index (χ0n) is 11.2. The molecule has 0 spiro atoms. The number of nitrogens with zero attached hydrogens (tertiary/aromatic N) is 1. The van der Waals surface area contributed by atoms with Crippen molar-refractivity contribution in [2.45, 2.75) is 25.1 Å². The molecular weight excluding hydrogens is 276 g/mol. The molecule has 0 aromatic carbocycles. The van der Waals surface area contributed by atoms with E-state index < -0.39 is 44.7 Å². The molecule has 2 atom stereocenters. The van der Waals surface area contributed by atoms with Crippen molar-refractivity contribution in [1.29, 1.82) is 0 Å². The minimum absolute atomic E-state index is 0.646. The molecule has 2 N–H and O–H groups in total. The monoisotopic (exact) mass is 294 g/mol. The maximum Gasteiger partial charge on any atom is 0.327 e. The van der Waals surface area contributed by atoms with E-state index in [1.54, 1.807) is 0 Å². The average Bonchev–Trinajstić information content (AvgIpc) is 2.24. The predicted molar refractivity (Wildman–Crippen MR) is 67.2 cm³/mol. The molecule has 0 bridgehead atoms. The molecule has 0 aliphatic carbocycles. The maximum absolute atomic E-state index is 11.9. The summed E-state index contributed by atoms with van der Waals surface area (Å²) < 4.78 is 23.8. The van der Waals surface area contributed by atoms with Crippen LogP contribution in [0.1, 0.15) is 13.8 Å². The zero-order valence-corrected chi connectivity index (χ0v) is 12.0. The number of hydrogen-bond donors (Lipinski definition) is 2. The summed E-state index contributed by atoms with van der Waals surface area (Å²) in [6, 6.07) is -1.57. The van der Waals surface area contributed by atoms with E-state index in [2.05, 4.69) is 0 Å². The first-order valence-corrected chi connectivity index (χ1v) is 7.13. The van der Waals surface area contributed by atoms with E-state index in [1.165, 1.54) is 21.0 Å². The van der Waals surface area contributed by atoms with Gasteiger partial charge in [-0.2, -0.15) is 0 Å². The van der Waals surface area contributed by atoms with Gasteiger partial charge < -0.3 is 15.3 Å². The number of hydrogen-bond acceptors (Lipinski definition) is 5. The van der Waals surface area contributed by atoms with Gasteiger partial charge in [-0.15, -0.1) is 0 Å². The summed E-state index contributed by atoms with van der Waals surface area (Å²) in [6.45, 7) is 2.27. The molecule has 1 unspecified atom stereocenters. The number of amides is 2. The Bertz CT molecular complexity index is 470. The first-order chi connectivity index (χ1) is 8.49. The van der Waals surface area contributed by atoms with Crippen LogP contribution < -0.4 is 5.32 Å². The molecule has 0 rings (SSSR count). The second kappa shape index (κ2) is 6.50. The number of rotatable bonds is 6. The van der Waals surface area contributed by atoms with Crippen molar-refractivity contribution in [2.24, 2.45) is 0 Å². The van der Waals surface area contributed by atoms with Gasteiger partial charge >= 0.3 is 5.97 Å². The fourth-order valence-corrected chi connectivity index (χ4v) is 2.81. The van der Waals surface area contributed by atoms with Gasteiger partial charge in [-0.1, -0.05) is 0 Å². The van der Waals surface area contributed by atoms with Gasteiger partial charge in [-0.05, 0) is 6.92 Å². The molecule has 0 heterocycles. The first kappa shape index (κ1) is 17.4. The van der Waals surface area contributed by atoms with Crippen LogP contribution >= 0.6 is 0 Å². The average molecular weight is 294 g/mol. The molecule has 0 saturated carbocycles. The van der Waals surface area contributed by atoms with Crippen molar-refractivity contribution in [2.75, 3.05) is 19.8 Å². The number of aliphatic carboxylic acids is 1. The smallest absolute Gasteiger partial charge is 0.327 e. The van der Waals surface area contributed by atoms with E-state index in [0.717, 1.165) is 11.8 Å². The Balaban J connectivity index is 5.06. The Morgan fingerprint density at radius 3 is 2.05 bits per heavy atom. The van der Waals surface area contributed by atoms with E-state index in [9.17, 15) is 22.8 Å². The highest BCUT2D eigenvalue weighted by Crippen LogP contribution is 2.07. The Hall–Kier alpha value is -1.64. The molecular formula is C10H18N2O6S. The van der Waals surface area contributed by atoms with Crippen LogP contribution in [-0.4, -0.2) is 67.3 Å². The molecule has 0 aromatic rings. The van der Waals surface area contributed by atoms with Crippen LogP contribution in [0.5, 0.6) is 0 Å². The highest BCUT2D eigenvalue weighted by molar-refractivity contribution is 7.92. The van der Waals surface area contributed by atoms with Crippen LogP contribution in [0.15, 0.2) is 0 Å². The van der Waals surface area contributed by atoms with Crippen molar-refractivity contribution in [3.8, 4) is 0 Å². The standard InChI is InChI=1S/C10H18N2O6S/c1-6(9(14)12(3)4)19(17,18)5-8(10(15)16)11-7(2)13/h6,8H,5H2,1-4H3,(H,11,13)(H,15,16)/t6?,8-/m0/s1. The second-order valence-electron chi connectivity index (χ2n) is 4.30. The quantitative estimate of drug-likeness (QED) is 0.613. The second-order valence-corrected chi connectivity index (χ2v) is 6.66. The predicted octanol–water partition coefficient (Wildman–Crippen LogP) is -1.53. The van der Waals surface area contributed by atoms with Crippen molar-refractivity contribution >= 4 is 27.6 Å². The first-order valence-electron chi connectivity index (χ1n) is 5.41. The third kappa shape index (κ3) is 5.25. The summed E-state index contributed by atoms with van der Waals surface area (Å²) in [7, 11) is -1.18. The lowest BCUT2D eigenvalue weighted by molar-refractivity contribution is -0.140. The number of carboxylic acids is 1. The number of carbonyl (C=O) groups excluding carboxylic acids is 2. The minimum Gasteiger partial charge on any atom is -0.480 e. The summed E-state index contributed by atoms with van der Waals surface area (Å²) >= 11 is 0. The van der Waals surface area contributed by atoms with Crippen LogP contribution in [0.2, 0.25) is 0 Å². The lowest BCUT2D eigenvalue weighted by Crippen LogP contribution is -2.48. The van der Waals surface area contributed by atoms with E-state index >= 15 is 0 Å². The Kier molecular flexibility index (Phi) is 5.94. The Morgan fingerprint density at radius 2 is 1.74 bits per heavy atom. The van der Waals surface area contributed by atoms with Gasteiger partial charge in [-0.25, -0.2) is 13.2 Å². The summed E-state index contributed by atoms with van der Waals surface area (Å²) in [5, 5.41) is 9.49. The molecule has 2 amide bonds. The van der Waals surface area contributed by atoms with E-state index in [4.69, 9.17) is 5.11 Å². The third-order valence-electron chi connectivity index (χ3n) is 2.40. The molecule has 0 aliphatic heterocycles. The normalized spacial score (nSPS) is 14.3. The SMILES string of the molecule is CC(=O)N[C@@H](CS(=O)(=O)C(C)C(=O)N(C)C)C(=O)O. The third-order valence-corrected chi connectivity index (χ3v) is 4.48. The highest BCUT2D eigenvalue weighted by atomic mass is 32.2. The van der Waals surface area contributed by atoms with Gasteiger partial charge in [0.25, 0.3) is 0 Å². The van der Waals surface area contributed by atoms with Crippen molar-refractivity contribution in [1.82, 2.24) is 10.2 Å². The molecule has 0 aromatic heterocycles. The largest absolute Gasteiger partial charge is 0.480 e. The van der Waals surface area contributed by atoms with Crippen molar-refractivity contribution in [3.63, 3.8) is 0 Å². The number of carbonyl (C=O) groups is 3. The number of sulfone groups is 1. The van der Waals surface area contributed by atoms with E-state index in [1.807, 2.05) is 5.32 Å². The molecule has 0 saturated heterocycles. The maximum atomic E-state index is 11.9. The molecule has 19 heavy (non-hydrogen) atoms. The lowest BCUT2D eigenvalue weighted by Gasteiger charge is -2.19. The van der Waals surface area contributed by atoms with Gasteiger partial charge in [0.05, 0.1) is 5.75 Å². The summed E-state index contributed by atoms with van der Waals surface area (Å²) in [4.78, 5) is 34.4. The molecule has 8 nitrogen and oxygen atoms in total. The van der Waals surface area contributed by atoms with Crippen LogP contribution in [0.25, 0.3) is 0 Å². The van der Waals surface area contributed by atoms with Gasteiger partial charge in [0, 0.05) is 21.0 Å². The van der Waals surface area contributed by atoms with Gasteiger partial charge in [0.15, 0.2) is 9.84 Å². The lowest BCUT2D eigenvalue weighted by atomic mass is 10.3. The van der Waals surface area contributed by atoms with Gasteiger partial charge in [0.1, 0.15) is 11.3 Å². The van der Waals surface area contributed by atoms with E-state index in [0.29, 0.717) is 0 Å². The molecule has 110 valence electrons. The topological polar surface area (TPSA) is 121 Å². The summed E-state index contributed by atoms with van der Waals surface area (Å²) in [5.41, 5.74) is 0. The number of nitrogens with one attached hydrogen (secondary N) is 1. The Morgan fingerprint density at radius 1 is 1.26 bits per heavy atom. The van der Waals surface area contributed by atoms with Crippen LogP contribution in [0.3, 0.4) is 0 Å². The van der Waals surface area contributed by atoms with Gasteiger partial charge in [-0.3, -0.25) is 9.59 Å². The molecule has 9 heteroatoms. The zero-order chi connectivity index (χ0) is 15.4. The molecule has 0 aliphatic rings. The van der Waals surface area contributed by atoms with Crippen LogP contribution in [0.4, 0.5) is 0 Å². The molecule has 0 radical (unpaired) electrons. The number of carboxylic acid groups (broad SMARTS) is 1. The summed E-state index contributed by atoms with van der Waals surface area (Å²) in [5.74, 6) is -3.60. The van der Waals surface area contributed by atoms with Crippen LogP contribution in [0, 0.1) is 0 Å². The summed E-state index contributed by atoms with van der Waals surface area (Å²) in [6.07, 6.45) is 0. The minimum atomic E-state index is -3.98. The van der Waals surface area contributed by atoms with Gasteiger partial charge in [0.2, 0.25) is 11.8 Å². The molecule has 0 fully saturated rings. The fourth-order valence-electron chi connectivity index (χ4n) is 1.31. The van der Waals surface area contributed by atoms with Crippen LogP contribution in [-0.2, 0) is 24.2 Å². The van der Waals surface area contributed by atoms with E-state index in [-0.39, 0.29) is 0 Å². The fraction of sp³-hybridized carbons (Fsp3) is 0.700. The Labute approximate surface area is 111 Å². The van der Waals surface area contributed by atoms with Crippen molar-refractivity contribution < 1.29 is 27.9 Å². The highest BCUT2D eigenvalue weighted by Gasteiger charge is 2.34.